The Morgan fingerprint density at radius 2 is 2.07 bits per heavy atom. The van der Waals surface area contributed by atoms with E-state index in [1.165, 1.54) is 5.57 Å². The molecule has 0 aliphatic carbocycles. The molecule has 0 spiro atoms. The summed E-state index contributed by atoms with van der Waals surface area (Å²) in [5.41, 5.74) is 3.15. The average molecular weight is 187 g/mol. The van der Waals surface area contributed by atoms with E-state index >= 15 is 0 Å². The Kier molecular flexibility index (Phi) is 3.63. The first-order valence-corrected chi connectivity index (χ1v) is 4.93. The quantitative estimate of drug-likeness (QED) is 0.625. The SMILES string of the molecule is C=C1N=CC(C(C)C)=CC=C1C=CC. The van der Waals surface area contributed by atoms with Crippen molar-refractivity contribution in [2.24, 2.45) is 10.9 Å². The van der Waals surface area contributed by atoms with Gasteiger partial charge in [-0.15, -0.1) is 0 Å². The number of rotatable bonds is 2. The minimum atomic E-state index is 0.507. The van der Waals surface area contributed by atoms with Crippen molar-refractivity contribution < 1.29 is 0 Å². The van der Waals surface area contributed by atoms with E-state index < -0.39 is 0 Å². The molecule has 1 nitrogen and oxygen atoms in total. The minimum absolute atomic E-state index is 0.507. The first-order chi connectivity index (χ1) is 6.65. The van der Waals surface area contributed by atoms with Crippen LogP contribution in [0, 0.1) is 5.92 Å². The van der Waals surface area contributed by atoms with Crippen LogP contribution in [0.2, 0.25) is 0 Å². The molecular formula is C13H17N. The third-order valence-electron chi connectivity index (χ3n) is 2.17. The Balaban J connectivity index is 3.01. The van der Waals surface area contributed by atoms with Gasteiger partial charge in [-0.05, 0) is 24.0 Å². The molecule has 1 heterocycles. The zero-order chi connectivity index (χ0) is 10.6. The Morgan fingerprint density at radius 3 is 2.64 bits per heavy atom. The van der Waals surface area contributed by atoms with Gasteiger partial charge < -0.3 is 0 Å². The van der Waals surface area contributed by atoms with E-state index in [-0.39, 0.29) is 0 Å². The number of allylic oxidation sites excluding steroid dienone is 5. The van der Waals surface area contributed by atoms with Gasteiger partial charge in [0.25, 0.3) is 0 Å². The van der Waals surface area contributed by atoms with E-state index in [2.05, 4.69) is 37.6 Å². The Hall–Kier alpha value is -1.37. The first-order valence-electron chi connectivity index (χ1n) is 4.93. The molecule has 0 fully saturated rings. The topological polar surface area (TPSA) is 12.4 Å². The van der Waals surface area contributed by atoms with E-state index in [4.69, 9.17) is 0 Å². The molecule has 1 heteroatoms. The lowest BCUT2D eigenvalue weighted by atomic mass is 10.0. The molecule has 1 aliphatic heterocycles. The highest BCUT2D eigenvalue weighted by Gasteiger charge is 2.04. The second-order valence-corrected chi connectivity index (χ2v) is 3.65. The molecule has 0 bridgehead atoms. The highest BCUT2D eigenvalue weighted by Crippen LogP contribution is 2.18. The molecule has 74 valence electrons. The van der Waals surface area contributed by atoms with Gasteiger partial charge in [0.05, 0.1) is 5.70 Å². The maximum atomic E-state index is 4.32. The Labute approximate surface area is 86.2 Å². The summed E-state index contributed by atoms with van der Waals surface area (Å²) in [5, 5.41) is 0. The first kappa shape index (κ1) is 10.7. The van der Waals surface area contributed by atoms with Crippen LogP contribution in [0.3, 0.4) is 0 Å². The third-order valence-corrected chi connectivity index (χ3v) is 2.17. The van der Waals surface area contributed by atoms with E-state index in [0.29, 0.717) is 5.92 Å². The van der Waals surface area contributed by atoms with Crippen LogP contribution in [0.5, 0.6) is 0 Å². The predicted molar refractivity (Wildman–Crippen MR) is 63.5 cm³/mol. The highest BCUT2D eigenvalue weighted by atomic mass is 14.7. The van der Waals surface area contributed by atoms with Crippen molar-refractivity contribution in [2.45, 2.75) is 20.8 Å². The Bertz CT molecular complexity index is 338. The zero-order valence-corrected chi connectivity index (χ0v) is 9.12. The summed E-state index contributed by atoms with van der Waals surface area (Å²) in [6.45, 7) is 10.2. The van der Waals surface area contributed by atoms with E-state index in [0.717, 1.165) is 11.3 Å². The van der Waals surface area contributed by atoms with E-state index in [1.54, 1.807) is 0 Å². The zero-order valence-electron chi connectivity index (χ0n) is 9.12. The van der Waals surface area contributed by atoms with Crippen molar-refractivity contribution in [1.29, 1.82) is 0 Å². The summed E-state index contributed by atoms with van der Waals surface area (Å²) in [4.78, 5) is 4.32. The van der Waals surface area contributed by atoms with Gasteiger partial charge in [0.15, 0.2) is 0 Å². The van der Waals surface area contributed by atoms with Crippen LogP contribution >= 0.6 is 0 Å². The molecule has 1 rings (SSSR count). The lowest BCUT2D eigenvalue weighted by Crippen LogP contribution is -1.93. The average Bonchev–Trinajstić information content (AvgIpc) is 2.30. The lowest BCUT2D eigenvalue weighted by Gasteiger charge is -2.01. The minimum Gasteiger partial charge on any atom is -0.257 e. The van der Waals surface area contributed by atoms with Crippen LogP contribution in [0.4, 0.5) is 0 Å². The van der Waals surface area contributed by atoms with Gasteiger partial charge in [0.2, 0.25) is 0 Å². The van der Waals surface area contributed by atoms with Crippen LogP contribution in [0.15, 0.2) is 52.7 Å². The maximum absolute atomic E-state index is 4.32. The molecule has 0 aromatic carbocycles. The Morgan fingerprint density at radius 1 is 1.36 bits per heavy atom. The van der Waals surface area contributed by atoms with Gasteiger partial charge in [0, 0.05) is 6.21 Å². The number of hydrogen-bond acceptors (Lipinski definition) is 1. The summed E-state index contributed by atoms with van der Waals surface area (Å²) in [5.74, 6) is 0.507. The van der Waals surface area contributed by atoms with Gasteiger partial charge in [-0.3, -0.25) is 4.99 Å². The monoisotopic (exact) mass is 187 g/mol. The summed E-state index contributed by atoms with van der Waals surface area (Å²) in [7, 11) is 0. The molecule has 0 amide bonds. The van der Waals surface area contributed by atoms with Gasteiger partial charge in [-0.2, -0.15) is 0 Å². The van der Waals surface area contributed by atoms with Crippen LogP contribution in [0.25, 0.3) is 0 Å². The van der Waals surface area contributed by atoms with Gasteiger partial charge in [-0.25, -0.2) is 0 Å². The fourth-order valence-electron chi connectivity index (χ4n) is 1.23. The molecule has 0 radical (unpaired) electrons. The molecule has 0 aromatic heterocycles. The van der Waals surface area contributed by atoms with Crippen molar-refractivity contribution in [1.82, 2.24) is 0 Å². The van der Waals surface area contributed by atoms with Crippen molar-refractivity contribution in [3.05, 3.63) is 47.7 Å². The fraction of sp³-hybridized carbons (Fsp3) is 0.308. The van der Waals surface area contributed by atoms with E-state index in [1.807, 2.05) is 25.3 Å². The lowest BCUT2D eigenvalue weighted by molar-refractivity contribution is 0.807. The molecule has 0 saturated carbocycles. The van der Waals surface area contributed by atoms with Crippen LogP contribution < -0.4 is 0 Å². The second kappa shape index (κ2) is 4.75. The third kappa shape index (κ3) is 2.56. The summed E-state index contributed by atoms with van der Waals surface area (Å²) in [6, 6.07) is 0. The normalized spacial score (nSPS) is 17.3. The molecule has 0 saturated heterocycles. The summed E-state index contributed by atoms with van der Waals surface area (Å²) < 4.78 is 0. The van der Waals surface area contributed by atoms with Crippen molar-refractivity contribution >= 4 is 6.21 Å². The fourth-order valence-corrected chi connectivity index (χ4v) is 1.23. The molecule has 0 unspecified atom stereocenters. The summed E-state index contributed by atoms with van der Waals surface area (Å²) >= 11 is 0. The highest BCUT2D eigenvalue weighted by molar-refractivity contribution is 5.82. The van der Waals surface area contributed by atoms with Crippen LogP contribution in [0.1, 0.15) is 20.8 Å². The van der Waals surface area contributed by atoms with Gasteiger partial charge >= 0.3 is 0 Å². The van der Waals surface area contributed by atoms with Crippen LogP contribution in [-0.2, 0) is 0 Å². The second-order valence-electron chi connectivity index (χ2n) is 3.65. The van der Waals surface area contributed by atoms with Gasteiger partial charge in [-0.1, -0.05) is 44.7 Å². The summed E-state index contributed by atoms with van der Waals surface area (Å²) in [6.07, 6.45) is 10.1. The van der Waals surface area contributed by atoms with Crippen molar-refractivity contribution in [3.63, 3.8) is 0 Å². The van der Waals surface area contributed by atoms with E-state index in [9.17, 15) is 0 Å². The largest absolute Gasteiger partial charge is 0.257 e. The van der Waals surface area contributed by atoms with Gasteiger partial charge in [0.1, 0.15) is 0 Å². The van der Waals surface area contributed by atoms with Crippen molar-refractivity contribution in [3.8, 4) is 0 Å². The molecule has 0 atom stereocenters. The molecule has 1 aliphatic rings. The standard InChI is InChI=1S/C13H17N/c1-5-6-12-7-8-13(10(2)3)9-14-11(12)4/h5-10H,4H2,1-3H3. The maximum Gasteiger partial charge on any atom is 0.0630 e. The predicted octanol–water partition coefficient (Wildman–Crippen LogP) is 3.67. The molecule has 0 N–H and O–H groups in total. The molecule has 14 heavy (non-hydrogen) atoms. The number of aliphatic imine (C=N–C) groups is 1. The number of nitrogens with zero attached hydrogens (tertiary/aromatic N) is 1. The smallest absolute Gasteiger partial charge is 0.0630 e. The van der Waals surface area contributed by atoms with Crippen LogP contribution in [-0.4, -0.2) is 6.21 Å². The van der Waals surface area contributed by atoms with Crippen molar-refractivity contribution in [2.75, 3.05) is 0 Å². The molecule has 0 aromatic rings. The molecular weight excluding hydrogens is 170 g/mol. The number of hydrogen-bond donors (Lipinski definition) is 0.